The highest BCUT2D eigenvalue weighted by Crippen LogP contribution is 2.21. The maximum atomic E-state index is 11.6. The van der Waals surface area contributed by atoms with E-state index in [2.05, 4.69) is 4.74 Å². The van der Waals surface area contributed by atoms with E-state index in [0.717, 1.165) is 0 Å². The highest BCUT2D eigenvalue weighted by molar-refractivity contribution is 5.96. The number of carbonyl (C=O) groups excluding carboxylic acids is 2. The summed E-state index contributed by atoms with van der Waals surface area (Å²) in [6, 6.07) is 6.40. The van der Waals surface area contributed by atoms with Gasteiger partial charge in [0.05, 0.1) is 19.6 Å². The van der Waals surface area contributed by atoms with Crippen molar-refractivity contribution in [2.75, 3.05) is 7.11 Å². The average molecular weight is 266 g/mol. The van der Waals surface area contributed by atoms with Gasteiger partial charge in [0.25, 0.3) is 0 Å². The van der Waals surface area contributed by atoms with E-state index in [9.17, 15) is 19.8 Å². The highest BCUT2D eigenvalue weighted by atomic mass is 16.5. The molecule has 0 heterocycles. The van der Waals surface area contributed by atoms with E-state index in [1.807, 2.05) is 0 Å². The van der Waals surface area contributed by atoms with E-state index in [1.165, 1.54) is 13.2 Å². The van der Waals surface area contributed by atoms with Crippen LogP contribution >= 0.6 is 0 Å². The van der Waals surface area contributed by atoms with E-state index in [4.69, 9.17) is 0 Å². The molecule has 2 atom stereocenters. The second-order valence-electron chi connectivity index (χ2n) is 4.19. The Kier molecular flexibility index (Phi) is 5.66. The number of ether oxygens (including phenoxy) is 1. The molecular weight excluding hydrogens is 248 g/mol. The molecule has 0 fully saturated rings. The Labute approximate surface area is 111 Å². The first kappa shape index (κ1) is 15.3. The van der Waals surface area contributed by atoms with Crippen molar-refractivity contribution in [3.8, 4) is 0 Å². The molecule has 0 amide bonds. The Hall–Kier alpha value is -1.72. The fourth-order valence-corrected chi connectivity index (χ4v) is 1.69. The predicted molar refractivity (Wildman–Crippen MR) is 68.7 cm³/mol. The summed E-state index contributed by atoms with van der Waals surface area (Å²) in [6.45, 7) is 1.75. The van der Waals surface area contributed by atoms with Gasteiger partial charge in [0.2, 0.25) is 0 Å². The summed E-state index contributed by atoms with van der Waals surface area (Å²) in [5, 5.41) is 19.7. The van der Waals surface area contributed by atoms with Crippen LogP contribution in [0.2, 0.25) is 0 Å². The number of hydrogen-bond donors (Lipinski definition) is 2. The summed E-state index contributed by atoms with van der Waals surface area (Å²) >= 11 is 0. The van der Waals surface area contributed by atoms with E-state index in [1.54, 1.807) is 25.1 Å². The number of Topliss-reactive ketones (excluding diaryl/α,β-unsaturated/α-hetero) is 1. The van der Waals surface area contributed by atoms with Gasteiger partial charge in [-0.05, 0) is 11.6 Å². The molecule has 0 saturated carbocycles. The number of ketones is 1. The summed E-state index contributed by atoms with van der Waals surface area (Å²) in [5.41, 5.74) is 0.875. The first-order chi connectivity index (χ1) is 8.99. The van der Waals surface area contributed by atoms with Crippen LogP contribution in [0.1, 0.15) is 41.8 Å². The third-order valence-electron chi connectivity index (χ3n) is 2.84. The fourth-order valence-electron chi connectivity index (χ4n) is 1.69. The van der Waals surface area contributed by atoms with Crippen LogP contribution in [0, 0.1) is 0 Å². The molecule has 104 valence electrons. The highest BCUT2D eigenvalue weighted by Gasteiger charge is 2.22. The normalized spacial score (nSPS) is 13.7. The lowest BCUT2D eigenvalue weighted by Crippen LogP contribution is -2.22. The Morgan fingerprint density at radius 1 is 1.32 bits per heavy atom. The lowest BCUT2D eigenvalue weighted by atomic mass is 9.98. The second kappa shape index (κ2) is 7.01. The Morgan fingerprint density at radius 2 is 2.00 bits per heavy atom. The molecule has 5 nitrogen and oxygen atoms in total. The molecule has 0 radical (unpaired) electrons. The van der Waals surface area contributed by atoms with Crippen LogP contribution in [0.25, 0.3) is 0 Å². The molecule has 2 unspecified atom stereocenters. The zero-order chi connectivity index (χ0) is 14.4. The summed E-state index contributed by atoms with van der Waals surface area (Å²) in [5.74, 6) is -0.649. The van der Waals surface area contributed by atoms with E-state index in [-0.39, 0.29) is 12.2 Å². The van der Waals surface area contributed by atoms with Crippen molar-refractivity contribution in [2.24, 2.45) is 0 Å². The average Bonchev–Trinajstić information content (AvgIpc) is 2.45. The second-order valence-corrected chi connectivity index (χ2v) is 4.19. The number of aliphatic hydroxyl groups excluding tert-OH is 2. The molecule has 0 aromatic heterocycles. The van der Waals surface area contributed by atoms with Gasteiger partial charge >= 0.3 is 5.97 Å². The van der Waals surface area contributed by atoms with Crippen molar-refractivity contribution < 1.29 is 24.5 Å². The number of esters is 1. The van der Waals surface area contributed by atoms with Gasteiger partial charge in [-0.1, -0.05) is 25.1 Å². The first-order valence-corrected chi connectivity index (χ1v) is 6.05. The third kappa shape index (κ3) is 4.15. The van der Waals surface area contributed by atoms with Gasteiger partial charge in [-0.25, -0.2) is 0 Å². The lowest BCUT2D eigenvalue weighted by Gasteiger charge is -2.17. The Balaban J connectivity index is 2.84. The number of carbonyl (C=O) groups is 2. The van der Waals surface area contributed by atoms with Gasteiger partial charge in [-0.2, -0.15) is 0 Å². The van der Waals surface area contributed by atoms with Crippen LogP contribution in [-0.4, -0.2) is 35.2 Å². The van der Waals surface area contributed by atoms with Gasteiger partial charge in [0.15, 0.2) is 5.78 Å². The smallest absolute Gasteiger partial charge is 0.308 e. The number of hydrogen-bond acceptors (Lipinski definition) is 5. The van der Waals surface area contributed by atoms with Crippen molar-refractivity contribution in [3.63, 3.8) is 0 Å². The van der Waals surface area contributed by atoms with E-state index < -0.39 is 18.2 Å². The van der Waals surface area contributed by atoms with Gasteiger partial charge in [0, 0.05) is 12.0 Å². The number of methoxy groups -OCH3 is 1. The maximum Gasteiger partial charge on any atom is 0.308 e. The van der Waals surface area contributed by atoms with Crippen molar-refractivity contribution in [2.45, 2.75) is 32.0 Å². The predicted octanol–water partition coefficient (Wildman–Crippen LogP) is 1.24. The standard InChI is InChI=1S/C14H18O5/c1-3-11(15)9-5-4-6-10(7-9)14(18)12(16)8-13(17)19-2/h4-7,12,14,16,18H,3,8H2,1-2H3. The monoisotopic (exact) mass is 266 g/mol. The molecule has 19 heavy (non-hydrogen) atoms. The molecule has 0 aliphatic heterocycles. The lowest BCUT2D eigenvalue weighted by molar-refractivity contribution is -0.144. The molecule has 0 aliphatic carbocycles. The largest absolute Gasteiger partial charge is 0.469 e. The number of rotatable bonds is 6. The van der Waals surface area contributed by atoms with Gasteiger partial charge in [-0.3, -0.25) is 9.59 Å². The van der Waals surface area contributed by atoms with Crippen LogP contribution in [0.4, 0.5) is 0 Å². The topological polar surface area (TPSA) is 83.8 Å². The minimum absolute atomic E-state index is 0.0449. The molecular formula is C14H18O5. The number of aliphatic hydroxyl groups is 2. The van der Waals surface area contributed by atoms with Crippen molar-refractivity contribution in [1.29, 1.82) is 0 Å². The molecule has 1 aromatic rings. The van der Waals surface area contributed by atoms with Crippen molar-refractivity contribution >= 4 is 11.8 Å². The molecule has 2 N–H and O–H groups in total. The fraction of sp³-hybridized carbons (Fsp3) is 0.429. The molecule has 1 rings (SSSR count). The molecule has 0 spiro atoms. The van der Waals surface area contributed by atoms with E-state index in [0.29, 0.717) is 17.5 Å². The van der Waals surface area contributed by atoms with Gasteiger partial charge in [0.1, 0.15) is 6.10 Å². The zero-order valence-electron chi connectivity index (χ0n) is 11.0. The van der Waals surface area contributed by atoms with Crippen LogP contribution in [0.15, 0.2) is 24.3 Å². The third-order valence-corrected chi connectivity index (χ3v) is 2.84. The zero-order valence-corrected chi connectivity index (χ0v) is 11.0. The Bertz CT molecular complexity index is 455. The number of benzene rings is 1. The maximum absolute atomic E-state index is 11.6. The van der Waals surface area contributed by atoms with Crippen LogP contribution in [-0.2, 0) is 9.53 Å². The van der Waals surface area contributed by atoms with Gasteiger partial charge in [-0.15, -0.1) is 0 Å². The molecule has 1 aromatic carbocycles. The molecule has 0 bridgehead atoms. The van der Waals surface area contributed by atoms with E-state index >= 15 is 0 Å². The SMILES string of the molecule is CCC(=O)c1cccc(C(O)C(O)CC(=O)OC)c1. The minimum Gasteiger partial charge on any atom is -0.469 e. The Morgan fingerprint density at radius 3 is 2.58 bits per heavy atom. The van der Waals surface area contributed by atoms with Crippen LogP contribution < -0.4 is 0 Å². The quantitative estimate of drug-likeness (QED) is 0.597. The molecule has 0 saturated heterocycles. The summed E-state index contributed by atoms with van der Waals surface area (Å²) in [6.07, 6.45) is -2.43. The van der Waals surface area contributed by atoms with Gasteiger partial charge < -0.3 is 14.9 Å². The van der Waals surface area contributed by atoms with Crippen molar-refractivity contribution in [3.05, 3.63) is 35.4 Å². The van der Waals surface area contributed by atoms with Crippen LogP contribution in [0.3, 0.4) is 0 Å². The molecule has 5 heteroatoms. The van der Waals surface area contributed by atoms with Crippen LogP contribution in [0.5, 0.6) is 0 Å². The minimum atomic E-state index is -1.26. The summed E-state index contributed by atoms with van der Waals surface area (Å²) in [7, 11) is 1.21. The summed E-state index contributed by atoms with van der Waals surface area (Å²) < 4.78 is 4.42. The van der Waals surface area contributed by atoms with Crippen molar-refractivity contribution in [1.82, 2.24) is 0 Å². The molecule has 0 aliphatic rings. The first-order valence-electron chi connectivity index (χ1n) is 6.05. The summed E-state index contributed by atoms with van der Waals surface area (Å²) in [4.78, 5) is 22.6.